The van der Waals surface area contributed by atoms with E-state index >= 15 is 0 Å². The Kier molecular flexibility index (Phi) is 4.84. The zero-order valence-electron chi connectivity index (χ0n) is 17.1. The van der Waals surface area contributed by atoms with Gasteiger partial charge in [-0.1, -0.05) is 30.3 Å². The molecule has 2 aliphatic heterocycles. The highest BCUT2D eigenvalue weighted by Gasteiger charge is 2.61. The number of hydrogen-bond donors (Lipinski definition) is 0. The fourth-order valence-corrected chi connectivity index (χ4v) is 4.37. The van der Waals surface area contributed by atoms with E-state index in [4.69, 9.17) is 10.1 Å². The van der Waals surface area contributed by atoms with Gasteiger partial charge in [0, 0.05) is 6.07 Å². The molecule has 9 heteroatoms. The van der Waals surface area contributed by atoms with Crippen LogP contribution in [0.15, 0.2) is 78.9 Å². The number of nitriles is 1. The molecular weight excluding hydrogens is 424 g/mol. The highest BCUT2D eigenvalue weighted by Crippen LogP contribution is 2.49. The molecule has 0 saturated carbocycles. The van der Waals surface area contributed by atoms with Gasteiger partial charge in [-0.05, 0) is 42.5 Å². The molecule has 0 N–H and O–H groups in total. The third kappa shape index (κ3) is 3.21. The van der Waals surface area contributed by atoms with Crippen molar-refractivity contribution >= 4 is 28.9 Å². The van der Waals surface area contributed by atoms with Crippen molar-refractivity contribution in [3.8, 4) is 6.07 Å². The number of nitro groups is 1. The second-order valence-corrected chi connectivity index (χ2v) is 7.64. The Morgan fingerprint density at radius 2 is 1.55 bits per heavy atom. The number of imide groups is 1. The predicted molar refractivity (Wildman–Crippen MR) is 117 cm³/mol. The lowest BCUT2D eigenvalue weighted by atomic mass is 9.89. The van der Waals surface area contributed by atoms with Crippen molar-refractivity contribution in [1.29, 1.82) is 5.26 Å². The number of rotatable bonds is 4. The summed E-state index contributed by atoms with van der Waals surface area (Å²) < 4.78 is 0. The first kappa shape index (κ1) is 20.4. The molecule has 9 nitrogen and oxygen atoms in total. The largest absolute Gasteiger partial charge is 0.274 e. The summed E-state index contributed by atoms with van der Waals surface area (Å²) in [4.78, 5) is 45.1. The molecule has 3 aromatic rings. The number of amides is 2. The first-order valence-electron chi connectivity index (χ1n) is 10.1. The molecular formula is C24H16N4O5. The van der Waals surface area contributed by atoms with Crippen LogP contribution < -0.4 is 9.96 Å². The summed E-state index contributed by atoms with van der Waals surface area (Å²) in [6.07, 6.45) is -1.14. The molecule has 5 rings (SSSR count). The van der Waals surface area contributed by atoms with Crippen LogP contribution in [0.2, 0.25) is 0 Å². The smallest absolute Gasteiger partial charge is 0.273 e. The van der Waals surface area contributed by atoms with Gasteiger partial charge in [0.1, 0.15) is 12.0 Å². The average Bonchev–Trinajstić information content (AvgIpc) is 3.35. The minimum atomic E-state index is -1.14. The van der Waals surface area contributed by atoms with Gasteiger partial charge >= 0.3 is 0 Å². The zero-order chi connectivity index (χ0) is 23.1. The van der Waals surface area contributed by atoms with Crippen LogP contribution in [0.3, 0.4) is 0 Å². The second-order valence-electron chi connectivity index (χ2n) is 7.64. The summed E-state index contributed by atoms with van der Waals surface area (Å²) in [7, 11) is 0. The van der Waals surface area contributed by atoms with Crippen molar-refractivity contribution < 1.29 is 19.3 Å². The van der Waals surface area contributed by atoms with E-state index in [9.17, 15) is 19.7 Å². The molecule has 0 aromatic heterocycles. The molecule has 2 heterocycles. The number of carbonyl (C=O) groups is 2. The fraction of sp³-hybridized carbons (Fsp3) is 0.125. The van der Waals surface area contributed by atoms with Crippen LogP contribution in [0.5, 0.6) is 0 Å². The Hall–Kier alpha value is -4.55. The van der Waals surface area contributed by atoms with Gasteiger partial charge in [-0.25, -0.2) is 9.96 Å². The Labute approximate surface area is 188 Å². The van der Waals surface area contributed by atoms with Crippen LogP contribution in [0, 0.1) is 27.4 Å². The number of fused-ring (bicyclic) bond motifs is 1. The fourth-order valence-electron chi connectivity index (χ4n) is 4.37. The molecule has 3 atom stereocenters. The number of nitrogens with zero attached hydrogens (tertiary/aromatic N) is 4. The molecule has 0 aliphatic carbocycles. The molecule has 2 amide bonds. The van der Waals surface area contributed by atoms with Crippen molar-refractivity contribution in [1.82, 2.24) is 0 Å². The van der Waals surface area contributed by atoms with Crippen LogP contribution in [0.1, 0.15) is 17.2 Å². The average molecular weight is 440 g/mol. The number of hydrogen-bond acceptors (Lipinski definition) is 7. The summed E-state index contributed by atoms with van der Waals surface area (Å²) in [5, 5.41) is 22.2. The standard InChI is InChI=1S/C24H16N4O5/c25-14-15-10-12-16(13-11-15)26-23(29)20-21(18-8-4-5-9-19(18)28(31)32)27(33-22(20)24(26)30)17-6-2-1-3-7-17/h1-13,20-22H/t20-,21-,22-/m1/s1. The number of hydroxylamine groups is 1. The summed E-state index contributed by atoms with van der Waals surface area (Å²) >= 11 is 0. The van der Waals surface area contributed by atoms with Crippen molar-refractivity contribution in [3.63, 3.8) is 0 Å². The van der Waals surface area contributed by atoms with Crippen LogP contribution in [-0.4, -0.2) is 22.8 Å². The van der Waals surface area contributed by atoms with Crippen molar-refractivity contribution in [3.05, 3.63) is 100 Å². The SMILES string of the molecule is N#Cc1ccc(N2C(=O)[C@@H]3[C@@H](c4ccccc4[N+](=O)[O-])N(c4ccccc4)O[C@H]3C2=O)cc1. The minimum absolute atomic E-state index is 0.162. The maximum absolute atomic E-state index is 13.6. The molecule has 2 fully saturated rings. The maximum Gasteiger partial charge on any atom is 0.274 e. The minimum Gasteiger partial charge on any atom is -0.273 e. The normalized spacial score (nSPS) is 21.7. The maximum atomic E-state index is 13.6. The molecule has 3 aromatic carbocycles. The molecule has 2 saturated heterocycles. The quantitative estimate of drug-likeness (QED) is 0.346. The Morgan fingerprint density at radius 3 is 2.21 bits per heavy atom. The van der Waals surface area contributed by atoms with E-state index in [0.29, 0.717) is 16.9 Å². The number of para-hydroxylation sites is 2. The van der Waals surface area contributed by atoms with Crippen LogP contribution >= 0.6 is 0 Å². The molecule has 0 bridgehead atoms. The highest BCUT2D eigenvalue weighted by atomic mass is 16.7. The van der Waals surface area contributed by atoms with E-state index in [1.165, 1.54) is 35.4 Å². The van der Waals surface area contributed by atoms with Gasteiger partial charge in [0.15, 0.2) is 6.10 Å². The van der Waals surface area contributed by atoms with Gasteiger partial charge in [0.2, 0.25) is 5.91 Å². The summed E-state index contributed by atoms with van der Waals surface area (Å²) in [6, 6.07) is 22.2. The lowest BCUT2D eigenvalue weighted by Gasteiger charge is -2.28. The monoisotopic (exact) mass is 440 g/mol. The lowest BCUT2D eigenvalue weighted by molar-refractivity contribution is -0.385. The summed E-state index contributed by atoms with van der Waals surface area (Å²) in [5.41, 5.74) is 1.39. The van der Waals surface area contributed by atoms with Crippen LogP contribution in [0.4, 0.5) is 17.1 Å². The first-order chi connectivity index (χ1) is 16.0. The van der Waals surface area contributed by atoms with Gasteiger partial charge in [0.05, 0.1) is 33.5 Å². The highest BCUT2D eigenvalue weighted by molar-refractivity contribution is 6.24. The van der Waals surface area contributed by atoms with Gasteiger partial charge in [-0.15, -0.1) is 0 Å². The number of anilines is 2. The van der Waals surface area contributed by atoms with Crippen LogP contribution in [0.25, 0.3) is 0 Å². The van der Waals surface area contributed by atoms with E-state index < -0.39 is 34.8 Å². The van der Waals surface area contributed by atoms with Gasteiger partial charge < -0.3 is 0 Å². The third-order valence-electron chi connectivity index (χ3n) is 5.83. The summed E-state index contributed by atoms with van der Waals surface area (Å²) in [6.45, 7) is 0. The second kappa shape index (κ2) is 7.85. The van der Waals surface area contributed by atoms with Gasteiger partial charge in [-0.3, -0.25) is 24.5 Å². The first-order valence-corrected chi connectivity index (χ1v) is 10.1. The van der Waals surface area contributed by atoms with Crippen LogP contribution in [-0.2, 0) is 14.4 Å². The zero-order valence-corrected chi connectivity index (χ0v) is 17.1. The van der Waals surface area contributed by atoms with Gasteiger partial charge in [0.25, 0.3) is 11.6 Å². The molecule has 2 aliphatic rings. The van der Waals surface area contributed by atoms with E-state index in [0.717, 1.165) is 4.90 Å². The van der Waals surface area contributed by atoms with Crippen molar-refractivity contribution in [2.75, 3.05) is 9.96 Å². The third-order valence-corrected chi connectivity index (χ3v) is 5.83. The Morgan fingerprint density at radius 1 is 0.879 bits per heavy atom. The summed E-state index contributed by atoms with van der Waals surface area (Å²) in [5.74, 6) is -2.07. The van der Waals surface area contributed by atoms with Crippen molar-refractivity contribution in [2.24, 2.45) is 5.92 Å². The molecule has 33 heavy (non-hydrogen) atoms. The molecule has 0 radical (unpaired) electrons. The lowest BCUT2D eigenvalue weighted by Crippen LogP contribution is -2.37. The van der Waals surface area contributed by atoms with E-state index in [2.05, 4.69) is 0 Å². The molecule has 0 unspecified atom stereocenters. The number of benzene rings is 3. The van der Waals surface area contributed by atoms with E-state index in [1.807, 2.05) is 12.1 Å². The van der Waals surface area contributed by atoms with E-state index in [1.54, 1.807) is 42.5 Å². The predicted octanol–water partition coefficient (Wildman–Crippen LogP) is 3.52. The van der Waals surface area contributed by atoms with Gasteiger partial charge in [-0.2, -0.15) is 5.26 Å². The topological polar surface area (TPSA) is 117 Å². The van der Waals surface area contributed by atoms with E-state index in [-0.39, 0.29) is 11.3 Å². The Balaban J connectivity index is 1.62. The molecule has 162 valence electrons. The van der Waals surface area contributed by atoms with Crippen molar-refractivity contribution in [2.45, 2.75) is 12.1 Å². The number of nitro benzene ring substituents is 1. The number of carbonyl (C=O) groups excluding carboxylic acids is 2. The Bertz CT molecular complexity index is 1300. The molecule has 0 spiro atoms.